The molecular weight excluding hydrogens is 310 g/mol. The second-order valence-corrected chi connectivity index (χ2v) is 5.39. The molecule has 0 unspecified atom stereocenters. The molecule has 7 heteroatoms. The molecule has 0 aliphatic heterocycles. The third-order valence-electron chi connectivity index (χ3n) is 3.71. The second-order valence-electron chi connectivity index (χ2n) is 5.39. The first-order chi connectivity index (χ1) is 11.6. The maximum absolute atomic E-state index is 12.4. The van der Waals surface area contributed by atoms with E-state index >= 15 is 0 Å². The average Bonchev–Trinajstić information content (AvgIpc) is 3.08. The topological polar surface area (TPSA) is 104 Å². The van der Waals surface area contributed by atoms with Gasteiger partial charge in [0.15, 0.2) is 0 Å². The number of ether oxygens (including phenoxy) is 1. The fourth-order valence-corrected chi connectivity index (χ4v) is 2.34. The Morgan fingerprint density at radius 3 is 2.62 bits per heavy atom. The molecule has 128 valence electrons. The molecule has 0 aliphatic rings. The van der Waals surface area contributed by atoms with Crippen LogP contribution < -0.4 is 10.1 Å². The zero-order valence-corrected chi connectivity index (χ0v) is 13.7. The highest BCUT2D eigenvalue weighted by atomic mass is 16.5. The number of aliphatic carboxylic acids is 1. The number of unbranched alkanes of at least 4 members (excludes halogenated alkanes) is 1. The smallest absolute Gasteiger partial charge is 0.326 e. The van der Waals surface area contributed by atoms with Gasteiger partial charge in [0.05, 0.1) is 24.6 Å². The van der Waals surface area contributed by atoms with E-state index in [4.69, 9.17) is 4.74 Å². The van der Waals surface area contributed by atoms with Crippen molar-refractivity contribution in [2.24, 2.45) is 0 Å². The monoisotopic (exact) mass is 331 g/mol. The van der Waals surface area contributed by atoms with Crippen molar-refractivity contribution in [1.82, 2.24) is 15.5 Å². The molecule has 2 rings (SSSR count). The number of aromatic nitrogens is 2. The van der Waals surface area contributed by atoms with Crippen molar-refractivity contribution < 1.29 is 19.4 Å². The molecule has 1 atom stereocenters. The van der Waals surface area contributed by atoms with Crippen molar-refractivity contribution in [2.45, 2.75) is 32.2 Å². The zero-order valence-electron chi connectivity index (χ0n) is 13.7. The molecule has 3 N–H and O–H groups in total. The van der Waals surface area contributed by atoms with Gasteiger partial charge in [-0.1, -0.05) is 19.8 Å². The summed E-state index contributed by atoms with van der Waals surface area (Å²) < 4.78 is 5.11. The van der Waals surface area contributed by atoms with Crippen LogP contribution in [0.2, 0.25) is 0 Å². The summed E-state index contributed by atoms with van der Waals surface area (Å²) >= 11 is 0. The highest BCUT2D eigenvalue weighted by Crippen LogP contribution is 2.23. The van der Waals surface area contributed by atoms with Crippen LogP contribution in [0.5, 0.6) is 5.75 Å². The summed E-state index contributed by atoms with van der Waals surface area (Å²) in [6, 6.07) is 6.25. The summed E-state index contributed by atoms with van der Waals surface area (Å²) in [5.41, 5.74) is 1.61. The van der Waals surface area contributed by atoms with Crippen molar-refractivity contribution >= 4 is 11.9 Å². The summed E-state index contributed by atoms with van der Waals surface area (Å²) in [6.45, 7) is 1.97. The molecule has 0 saturated carbocycles. The van der Waals surface area contributed by atoms with Crippen molar-refractivity contribution in [1.29, 1.82) is 0 Å². The standard InChI is InChI=1S/C17H21N3O4/c1-3-4-5-14(17(22)23)19-16(21)13-10-18-20-15(13)11-6-8-12(24-2)9-7-11/h6-10,14H,3-5H2,1-2H3,(H,18,20)(H,19,21)(H,22,23)/t14-/m0/s1. The van der Waals surface area contributed by atoms with Gasteiger partial charge in [-0.3, -0.25) is 9.89 Å². The summed E-state index contributed by atoms with van der Waals surface area (Å²) in [5.74, 6) is -0.792. The van der Waals surface area contributed by atoms with Crippen LogP contribution in [-0.4, -0.2) is 40.3 Å². The number of hydrogen-bond donors (Lipinski definition) is 3. The molecule has 1 heterocycles. The van der Waals surface area contributed by atoms with E-state index in [0.29, 0.717) is 23.4 Å². The van der Waals surface area contributed by atoms with E-state index < -0.39 is 17.9 Å². The number of methoxy groups -OCH3 is 1. The van der Waals surface area contributed by atoms with Gasteiger partial charge >= 0.3 is 5.97 Å². The minimum atomic E-state index is -1.04. The minimum absolute atomic E-state index is 0.308. The number of nitrogens with one attached hydrogen (secondary N) is 2. The summed E-state index contributed by atoms with van der Waals surface area (Å²) in [7, 11) is 1.58. The Morgan fingerprint density at radius 2 is 2.04 bits per heavy atom. The summed E-state index contributed by atoms with van der Waals surface area (Å²) in [4.78, 5) is 23.7. The first kappa shape index (κ1) is 17.5. The van der Waals surface area contributed by atoms with E-state index in [-0.39, 0.29) is 0 Å². The van der Waals surface area contributed by atoms with Crippen molar-refractivity contribution in [3.63, 3.8) is 0 Å². The maximum atomic E-state index is 12.4. The van der Waals surface area contributed by atoms with E-state index in [2.05, 4.69) is 15.5 Å². The van der Waals surface area contributed by atoms with E-state index in [1.54, 1.807) is 31.4 Å². The van der Waals surface area contributed by atoms with Crippen LogP contribution in [-0.2, 0) is 4.79 Å². The lowest BCUT2D eigenvalue weighted by molar-refractivity contribution is -0.139. The van der Waals surface area contributed by atoms with Crippen LogP contribution in [0.1, 0.15) is 36.5 Å². The van der Waals surface area contributed by atoms with Crippen LogP contribution >= 0.6 is 0 Å². The number of nitrogens with zero attached hydrogens (tertiary/aromatic N) is 1. The molecule has 0 aliphatic carbocycles. The van der Waals surface area contributed by atoms with Gasteiger partial charge in [-0.25, -0.2) is 4.79 Å². The predicted molar refractivity (Wildman–Crippen MR) is 89.0 cm³/mol. The molecule has 1 aromatic heterocycles. The fourth-order valence-electron chi connectivity index (χ4n) is 2.34. The van der Waals surface area contributed by atoms with Gasteiger partial charge in [0.2, 0.25) is 0 Å². The van der Waals surface area contributed by atoms with Crippen LogP contribution in [0.4, 0.5) is 0 Å². The summed E-state index contributed by atoms with van der Waals surface area (Å²) in [6.07, 6.45) is 3.39. The van der Waals surface area contributed by atoms with Crippen LogP contribution in [0.25, 0.3) is 11.3 Å². The van der Waals surface area contributed by atoms with Gasteiger partial charge in [-0.15, -0.1) is 0 Å². The maximum Gasteiger partial charge on any atom is 0.326 e. The molecular formula is C17H21N3O4. The lowest BCUT2D eigenvalue weighted by atomic mass is 10.1. The largest absolute Gasteiger partial charge is 0.497 e. The van der Waals surface area contributed by atoms with Crippen LogP contribution in [0.3, 0.4) is 0 Å². The third kappa shape index (κ3) is 4.13. The minimum Gasteiger partial charge on any atom is -0.497 e. The Labute approximate surface area is 140 Å². The summed E-state index contributed by atoms with van der Waals surface area (Å²) in [5, 5.41) is 18.5. The molecule has 7 nitrogen and oxygen atoms in total. The number of benzene rings is 1. The number of amides is 1. The second kappa shape index (κ2) is 8.14. The average molecular weight is 331 g/mol. The Balaban J connectivity index is 2.18. The number of carbonyl (C=O) groups excluding carboxylic acids is 1. The SMILES string of the molecule is CCCC[C@H](NC(=O)c1cn[nH]c1-c1ccc(OC)cc1)C(=O)O. The van der Waals surface area contributed by atoms with E-state index in [1.165, 1.54) is 6.20 Å². The number of carbonyl (C=O) groups is 2. The van der Waals surface area contributed by atoms with E-state index in [9.17, 15) is 14.7 Å². The van der Waals surface area contributed by atoms with Gasteiger partial charge in [0, 0.05) is 5.56 Å². The van der Waals surface area contributed by atoms with E-state index in [1.807, 2.05) is 6.92 Å². The Bertz CT molecular complexity index is 694. The Kier molecular flexibility index (Phi) is 5.95. The van der Waals surface area contributed by atoms with Gasteiger partial charge in [-0.05, 0) is 30.7 Å². The van der Waals surface area contributed by atoms with Gasteiger partial charge in [0.25, 0.3) is 5.91 Å². The number of carboxylic acid groups (broad SMARTS) is 1. The Hall–Kier alpha value is -2.83. The molecule has 1 aromatic carbocycles. The van der Waals surface area contributed by atoms with Crippen LogP contribution in [0.15, 0.2) is 30.5 Å². The van der Waals surface area contributed by atoms with Crippen LogP contribution in [0, 0.1) is 0 Å². The molecule has 24 heavy (non-hydrogen) atoms. The molecule has 0 radical (unpaired) electrons. The predicted octanol–water partition coefficient (Wildman–Crippen LogP) is 2.46. The molecule has 0 saturated heterocycles. The molecule has 0 spiro atoms. The number of hydrogen-bond acceptors (Lipinski definition) is 4. The molecule has 1 amide bonds. The number of H-pyrrole nitrogens is 1. The number of aromatic amines is 1. The zero-order chi connectivity index (χ0) is 17.5. The molecule has 0 fully saturated rings. The number of rotatable bonds is 8. The lowest BCUT2D eigenvalue weighted by Gasteiger charge is -2.14. The number of carboxylic acids is 1. The molecule has 0 bridgehead atoms. The Morgan fingerprint density at radius 1 is 1.33 bits per heavy atom. The van der Waals surface area contributed by atoms with Crippen molar-refractivity contribution in [2.75, 3.05) is 7.11 Å². The molecule has 2 aromatic rings. The quantitative estimate of drug-likeness (QED) is 0.689. The highest BCUT2D eigenvalue weighted by molar-refractivity contribution is 6.01. The van der Waals surface area contributed by atoms with Gasteiger partial charge in [-0.2, -0.15) is 5.10 Å². The van der Waals surface area contributed by atoms with E-state index in [0.717, 1.165) is 18.4 Å². The fraction of sp³-hybridized carbons (Fsp3) is 0.353. The lowest BCUT2D eigenvalue weighted by Crippen LogP contribution is -2.40. The first-order valence-electron chi connectivity index (χ1n) is 7.78. The van der Waals surface area contributed by atoms with Crippen molar-refractivity contribution in [3.05, 3.63) is 36.0 Å². The van der Waals surface area contributed by atoms with Gasteiger partial charge < -0.3 is 15.2 Å². The third-order valence-corrected chi connectivity index (χ3v) is 3.71. The highest BCUT2D eigenvalue weighted by Gasteiger charge is 2.22. The van der Waals surface area contributed by atoms with Crippen molar-refractivity contribution in [3.8, 4) is 17.0 Å². The first-order valence-corrected chi connectivity index (χ1v) is 7.78. The van der Waals surface area contributed by atoms with Gasteiger partial charge in [0.1, 0.15) is 11.8 Å². The normalized spacial score (nSPS) is 11.8.